The summed E-state index contributed by atoms with van der Waals surface area (Å²) in [6.45, 7) is 3.85. The molecule has 0 bridgehead atoms. The Balaban J connectivity index is 1.49. The van der Waals surface area contributed by atoms with Gasteiger partial charge in [0, 0.05) is 29.5 Å². The summed E-state index contributed by atoms with van der Waals surface area (Å²) in [5, 5.41) is 23.0. The second-order valence-corrected chi connectivity index (χ2v) is 8.14. The molecule has 1 N–H and O–H groups in total. The summed E-state index contributed by atoms with van der Waals surface area (Å²) in [5.41, 5.74) is 5.85. The number of benzene rings is 2. The standard InChI is InChI=1S/C24H22N6O3/c1-15-6-3-4-8-20(15)29-21-9-5-7-19(21)23(27-29)24(31)25-22-14-16(2)26-28(22)17-10-12-18(13-11-17)30(32)33/h3-4,6,8,10-14H,5,7,9H2,1-2H3,(H,25,31). The van der Waals surface area contributed by atoms with Crippen molar-refractivity contribution in [3.8, 4) is 11.4 Å². The molecule has 166 valence electrons. The van der Waals surface area contributed by atoms with E-state index in [-0.39, 0.29) is 11.6 Å². The number of para-hydroxylation sites is 1. The van der Waals surface area contributed by atoms with E-state index in [1.54, 1.807) is 22.9 Å². The van der Waals surface area contributed by atoms with Crippen molar-refractivity contribution in [2.24, 2.45) is 0 Å². The molecule has 0 spiro atoms. The Bertz CT molecular complexity index is 1380. The smallest absolute Gasteiger partial charge is 0.277 e. The molecule has 1 amide bonds. The number of aryl methyl sites for hydroxylation is 2. The molecule has 1 aliphatic rings. The van der Waals surface area contributed by atoms with Crippen LogP contribution in [-0.4, -0.2) is 30.4 Å². The molecule has 4 aromatic rings. The molecule has 0 aliphatic heterocycles. The summed E-state index contributed by atoms with van der Waals surface area (Å²) < 4.78 is 3.46. The second kappa shape index (κ2) is 8.01. The maximum atomic E-state index is 13.3. The fraction of sp³-hybridized carbons (Fsp3) is 0.208. The molecule has 0 saturated carbocycles. The number of aromatic nitrogens is 4. The minimum Gasteiger partial charge on any atom is -0.305 e. The molecule has 5 rings (SSSR count). The number of nitrogens with one attached hydrogen (secondary N) is 1. The summed E-state index contributed by atoms with van der Waals surface area (Å²) in [4.78, 5) is 23.8. The number of anilines is 1. The third-order valence-corrected chi connectivity index (χ3v) is 5.87. The number of nitrogens with zero attached hydrogens (tertiary/aromatic N) is 5. The predicted molar refractivity (Wildman–Crippen MR) is 123 cm³/mol. The van der Waals surface area contributed by atoms with E-state index in [0.29, 0.717) is 22.9 Å². The molecular weight excluding hydrogens is 420 g/mol. The van der Waals surface area contributed by atoms with Gasteiger partial charge in [-0.2, -0.15) is 10.2 Å². The topological polar surface area (TPSA) is 108 Å². The lowest BCUT2D eigenvalue weighted by atomic mass is 10.2. The maximum absolute atomic E-state index is 13.3. The lowest BCUT2D eigenvalue weighted by Gasteiger charge is -2.09. The van der Waals surface area contributed by atoms with Gasteiger partial charge in [0.05, 0.1) is 22.0 Å². The minimum absolute atomic E-state index is 0.00878. The number of fused-ring (bicyclic) bond motifs is 1. The van der Waals surface area contributed by atoms with E-state index in [4.69, 9.17) is 5.10 Å². The fourth-order valence-electron chi connectivity index (χ4n) is 4.30. The Kier molecular flexibility index (Phi) is 5.01. The number of carbonyl (C=O) groups excluding carboxylic acids is 1. The number of nitro benzene ring substituents is 1. The molecular formula is C24H22N6O3. The molecule has 2 aromatic carbocycles. The number of non-ortho nitro benzene ring substituents is 1. The zero-order valence-corrected chi connectivity index (χ0v) is 18.3. The lowest BCUT2D eigenvalue weighted by Crippen LogP contribution is -2.17. The van der Waals surface area contributed by atoms with Crippen LogP contribution < -0.4 is 5.32 Å². The summed E-state index contributed by atoms with van der Waals surface area (Å²) in [6.07, 6.45) is 2.67. The van der Waals surface area contributed by atoms with Crippen LogP contribution in [0.4, 0.5) is 11.5 Å². The van der Waals surface area contributed by atoms with Crippen LogP contribution in [0, 0.1) is 24.0 Å². The molecule has 9 heteroatoms. The Morgan fingerprint density at radius 2 is 1.79 bits per heavy atom. The van der Waals surface area contributed by atoms with Crippen molar-refractivity contribution in [3.63, 3.8) is 0 Å². The molecule has 2 heterocycles. The predicted octanol–water partition coefficient (Wildman–Crippen LogP) is 4.32. The lowest BCUT2D eigenvalue weighted by molar-refractivity contribution is -0.384. The molecule has 0 saturated heterocycles. The van der Waals surface area contributed by atoms with Gasteiger partial charge in [0.2, 0.25) is 0 Å². The molecule has 0 atom stereocenters. The van der Waals surface area contributed by atoms with Gasteiger partial charge in [-0.25, -0.2) is 9.36 Å². The number of carbonyl (C=O) groups is 1. The zero-order valence-electron chi connectivity index (χ0n) is 18.3. The van der Waals surface area contributed by atoms with Crippen LogP contribution in [0.15, 0.2) is 54.6 Å². The van der Waals surface area contributed by atoms with Gasteiger partial charge in [-0.15, -0.1) is 0 Å². The van der Waals surface area contributed by atoms with Gasteiger partial charge in [0.1, 0.15) is 5.82 Å². The molecule has 0 unspecified atom stereocenters. The van der Waals surface area contributed by atoms with Crippen molar-refractivity contribution >= 4 is 17.4 Å². The second-order valence-electron chi connectivity index (χ2n) is 8.14. The van der Waals surface area contributed by atoms with Gasteiger partial charge < -0.3 is 5.32 Å². The molecule has 9 nitrogen and oxygen atoms in total. The highest BCUT2D eigenvalue weighted by Crippen LogP contribution is 2.29. The molecule has 1 aliphatic carbocycles. The van der Waals surface area contributed by atoms with Crippen LogP contribution in [0.2, 0.25) is 0 Å². The van der Waals surface area contributed by atoms with E-state index in [9.17, 15) is 14.9 Å². The monoisotopic (exact) mass is 442 g/mol. The SMILES string of the molecule is Cc1cc(NC(=O)c2nn(-c3ccccc3C)c3c2CCC3)n(-c2ccc([N+](=O)[O-])cc2)n1. The Labute approximate surface area is 189 Å². The first-order chi connectivity index (χ1) is 15.9. The normalized spacial score (nSPS) is 12.5. The van der Waals surface area contributed by atoms with Crippen LogP contribution in [-0.2, 0) is 12.8 Å². The number of nitro groups is 1. The number of hydrogen-bond acceptors (Lipinski definition) is 5. The third-order valence-electron chi connectivity index (χ3n) is 5.87. The quantitative estimate of drug-likeness (QED) is 0.366. The van der Waals surface area contributed by atoms with Gasteiger partial charge in [0.15, 0.2) is 5.69 Å². The molecule has 2 aromatic heterocycles. The molecule has 0 fully saturated rings. The van der Waals surface area contributed by atoms with Crippen molar-refractivity contribution in [2.45, 2.75) is 33.1 Å². The van der Waals surface area contributed by atoms with E-state index in [1.165, 1.54) is 12.1 Å². The third kappa shape index (κ3) is 3.67. The summed E-state index contributed by atoms with van der Waals surface area (Å²) >= 11 is 0. The van der Waals surface area contributed by atoms with E-state index in [2.05, 4.69) is 10.4 Å². The van der Waals surface area contributed by atoms with Crippen molar-refractivity contribution in [3.05, 3.63) is 92.9 Å². The highest BCUT2D eigenvalue weighted by Gasteiger charge is 2.28. The van der Waals surface area contributed by atoms with Crippen LogP contribution in [0.25, 0.3) is 11.4 Å². The van der Waals surface area contributed by atoms with Gasteiger partial charge >= 0.3 is 0 Å². The summed E-state index contributed by atoms with van der Waals surface area (Å²) in [7, 11) is 0. The summed E-state index contributed by atoms with van der Waals surface area (Å²) in [5.74, 6) is 0.173. The number of hydrogen-bond donors (Lipinski definition) is 1. The van der Waals surface area contributed by atoms with Gasteiger partial charge in [0.25, 0.3) is 11.6 Å². The Morgan fingerprint density at radius 1 is 1.03 bits per heavy atom. The van der Waals surface area contributed by atoms with Crippen molar-refractivity contribution in [2.75, 3.05) is 5.32 Å². The fourth-order valence-corrected chi connectivity index (χ4v) is 4.30. The van der Waals surface area contributed by atoms with Crippen LogP contribution in [0.3, 0.4) is 0 Å². The maximum Gasteiger partial charge on any atom is 0.277 e. The average molecular weight is 442 g/mol. The number of rotatable bonds is 5. The van der Waals surface area contributed by atoms with E-state index >= 15 is 0 Å². The Morgan fingerprint density at radius 3 is 2.52 bits per heavy atom. The minimum atomic E-state index is -0.452. The van der Waals surface area contributed by atoms with Crippen LogP contribution in [0.5, 0.6) is 0 Å². The first-order valence-corrected chi connectivity index (χ1v) is 10.7. The number of amides is 1. The highest BCUT2D eigenvalue weighted by molar-refractivity contribution is 6.04. The Hall–Kier alpha value is -4.27. The van der Waals surface area contributed by atoms with E-state index in [0.717, 1.165) is 41.8 Å². The first kappa shape index (κ1) is 20.6. The zero-order chi connectivity index (χ0) is 23.1. The van der Waals surface area contributed by atoms with Gasteiger partial charge in [-0.05, 0) is 56.9 Å². The van der Waals surface area contributed by atoms with Crippen molar-refractivity contribution in [1.82, 2.24) is 19.6 Å². The van der Waals surface area contributed by atoms with Gasteiger partial charge in [-0.3, -0.25) is 14.9 Å². The van der Waals surface area contributed by atoms with Crippen molar-refractivity contribution < 1.29 is 9.72 Å². The van der Waals surface area contributed by atoms with Crippen LogP contribution in [0.1, 0.15) is 39.4 Å². The molecule has 33 heavy (non-hydrogen) atoms. The van der Waals surface area contributed by atoms with Crippen molar-refractivity contribution in [1.29, 1.82) is 0 Å². The largest absolute Gasteiger partial charge is 0.305 e. The summed E-state index contributed by atoms with van der Waals surface area (Å²) in [6, 6.07) is 15.8. The molecule has 0 radical (unpaired) electrons. The van der Waals surface area contributed by atoms with E-state index < -0.39 is 4.92 Å². The van der Waals surface area contributed by atoms with E-state index in [1.807, 2.05) is 42.8 Å². The highest BCUT2D eigenvalue weighted by atomic mass is 16.6. The average Bonchev–Trinajstić information content (AvgIpc) is 3.50. The van der Waals surface area contributed by atoms with Gasteiger partial charge in [-0.1, -0.05) is 18.2 Å². The first-order valence-electron chi connectivity index (χ1n) is 10.7. The van der Waals surface area contributed by atoms with Crippen LogP contribution >= 0.6 is 0 Å².